The molecule has 6 nitrogen and oxygen atoms in total. The summed E-state index contributed by atoms with van der Waals surface area (Å²) in [6.45, 7) is 3.88. The summed E-state index contributed by atoms with van der Waals surface area (Å²) in [4.78, 5) is 17.4. The van der Waals surface area contributed by atoms with Crippen LogP contribution in [0.15, 0.2) is 83.8 Å². The lowest BCUT2D eigenvalue weighted by Crippen LogP contribution is -2.35. The summed E-state index contributed by atoms with van der Waals surface area (Å²) in [5.41, 5.74) is 2.44. The number of sulfonamides is 1. The molecule has 4 rings (SSSR count). The fraction of sp³-hybridized carbons (Fsp3) is 0.269. The molecule has 34 heavy (non-hydrogen) atoms. The first kappa shape index (κ1) is 24.4. The van der Waals surface area contributed by atoms with E-state index >= 15 is 0 Å². The van der Waals surface area contributed by atoms with Crippen LogP contribution < -0.4 is 4.72 Å². The number of nitrogens with zero attached hydrogens (tertiary/aromatic N) is 2. The van der Waals surface area contributed by atoms with Gasteiger partial charge < -0.3 is 4.90 Å². The van der Waals surface area contributed by atoms with Gasteiger partial charge in [-0.05, 0) is 47.9 Å². The van der Waals surface area contributed by atoms with Crippen molar-refractivity contribution in [2.75, 3.05) is 26.2 Å². The molecular formula is C26H28ClN3O3S. The van der Waals surface area contributed by atoms with Crippen LogP contribution in [-0.2, 0) is 23.1 Å². The van der Waals surface area contributed by atoms with Crippen molar-refractivity contribution in [3.05, 3.63) is 101 Å². The highest BCUT2D eigenvalue weighted by Gasteiger charge is 2.22. The molecule has 1 aliphatic rings. The van der Waals surface area contributed by atoms with Crippen molar-refractivity contribution in [3.63, 3.8) is 0 Å². The van der Waals surface area contributed by atoms with Gasteiger partial charge in [-0.1, -0.05) is 60.1 Å². The van der Waals surface area contributed by atoms with Crippen LogP contribution in [0.3, 0.4) is 0 Å². The molecule has 3 aromatic rings. The first-order valence-corrected chi connectivity index (χ1v) is 13.2. The molecule has 0 atom stereocenters. The molecule has 1 aliphatic heterocycles. The number of amides is 1. The molecule has 1 heterocycles. The van der Waals surface area contributed by atoms with Gasteiger partial charge in [-0.3, -0.25) is 9.69 Å². The molecule has 0 bridgehead atoms. The van der Waals surface area contributed by atoms with Crippen molar-refractivity contribution >= 4 is 27.5 Å². The van der Waals surface area contributed by atoms with Crippen molar-refractivity contribution in [2.24, 2.45) is 0 Å². The summed E-state index contributed by atoms with van der Waals surface area (Å²) in [5.74, 6) is -0.145. The molecule has 8 heteroatoms. The Balaban J connectivity index is 1.39. The third-order valence-corrected chi connectivity index (χ3v) is 7.55. The van der Waals surface area contributed by atoms with Crippen LogP contribution in [0.2, 0.25) is 5.02 Å². The van der Waals surface area contributed by atoms with E-state index < -0.39 is 10.0 Å². The number of halogens is 1. The largest absolute Gasteiger partial charge is 0.337 e. The second-order valence-electron chi connectivity index (χ2n) is 8.39. The zero-order valence-electron chi connectivity index (χ0n) is 18.9. The van der Waals surface area contributed by atoms with E-state index in [1.807, 2.05) is 59.5 Å². The topological polar surface area (TPSA) is 69.7 Å². The minimum absolute atomic E-state index is 0.0912. The van der Waals surface area contributed by atoms with E-state index in [1.165, 1.54) is 17.7 Å². The van der Waals surface area contributed by atoms with E-state index in [-0.39, 0.29) is 17.3 Å². The minimum Gasteiger partial charge on any atom is -0.337 e. The van der Waals surface area contributed by atoms with Gasteiger partial charge in [-0.15, -0.1) is 0 Å². The van der Waals surface area contributed by atoms with E-state index in [0.29, 0.717) is 18.7 Å². The maximum Gasteiger partial charge on any atom is 0.253 e. The minimum atomic E-state index is -3.74. The Morgan fingerprint density at radius 3 is 2.38 bits per heavy atom. The maximum atomic E-state index is 13.2. The predicted octanol–water partition coefficient (Wildman–Crippen LogP) is 4.17. The second kappa shape index (κ2) is 11.1. The maximum absolute atomic E-state index is 13.2. The molecular weight excluding hydrogens is 470 g/mol. The first-order valence-electron chi connectivity index (χ1n) is 11.3. The Morgan fingerprint density at radius 2 is 1.62 bits per heavy atom. The predicted molar refractivity (Wildman–Crippen MR) is 134 cm³/mol. The summed E-state index contributed by atoms with van der Waals surface area (Å²) in [6, 6.07) is 23.4. The van der Waals surface area contributed by atoms with Gasteiger partial charge in [0.25, 0.3) is 5.91 Å². The van der Waals surface area contributed by atoms with Crippen LogP contribution in [0.25, 0.3) is 0 Å². The number of rotatable bonds is 7. The normalized spacial score (nSPS) is 15.1. The zero-order chi connectivity index (χ0) is 24.0. The third kappa shape index (κ3) is 6.45. The van der Waals surface area contributed by atoms with E-state index in [9.17, 15) is 13.2 Å². The lowest BCUT2D eigenvalue weighted by atomic mass is 10.2. The van der Waals surface area contributed by atoms with Gasteiger partial charge in [0.2, 0.25) is 10.0 Å². The van der Waals surface area contributed by atoms with E-state index in [1.54, 1.807) is 12.1 Å². The lowest BCUT2D eigenvalue weighted by Gasteiger charge is -2.22. The van der Waals surface area contributed by atoms with Crippen molar-refractivity contribution < 1.29 is 13.2 Å². The molecule has 0 aliphatic carbocycles. The van der Waals surface area contributed by atoms with Gasteiger partial charge >= 0.3 is 0 Å². The Labute approximate surface area is 206 Å². The molecule has 1 saturated heterocycles. The summed E-state index contributed by atoms with van der Waals surface area (Å²) >= 11 is 5.98. The highest BCUT2D eigenvalue weighted by atomic mass is 35.5. The Kier molecular flexibility index (Phi) is 8.00. The SMILES string of the molecule is O=C(c1cccc(S(=O)(=O)NCc2ccccc2)c1)N1CCCN(Cc2ccc(Cl)cc2)CC1. The number of hydrogen-bond acceptors (Lipinski definition) is 4. The summed E-state index contributed by atoms with van der Waals surface area (Å²) in [5, 5.41) is 0.718. The fourth-order valence-electron chi connectivity index (χ4n) is 4.02. The van der Waals surface area contributed by atoms with Crippen LogP contribution in [0, 0.1) is 0 Å². The Bertz CT molecular complexity index is 1220. The van der Waals surface area contributed by atoms with Crippen LogP contribution in [0.1, 0.15) is 27.9 Å². The molecule has 0 aromatic heterocycles. The Hall–Kier alpha value is -2.71. The smallest absolute Gasteiger partial charge is 0.253 e. The van der Waals surface area contributed by atoms with Gasteiger partial charge in [0.15, 0.2) is 0 Å². The van der Waals surface area contributed by atoms with Crippen LogP contribution >= 0.6 is 11.6 Å². The Morgan fingerprint density at radius 1 is 0.853 bits per heavy atom. The first-order chi connectivity index (χ1) is 16.4. The molecule has 1 amide bonds. The number of benzene rings is 3. The van der Waals surface area contributed by atoms with Gasteiger partial charge in [0, 0.05) is 49.9 Å². The van der Waals surface area contributed by atoms with Gasteiger partial charge in [0.1, 0.15) is 0 Å². The van der Waals surface area contributed by atoms with Gasteiger partial charge in [0.05, 0.1) is 4.90 Å². The standard InChI is InChI=1S/C26H28ClN3O3S/c27-24-12-10-22(11-13-24)20-29-14-5-15-30(17-16-29)26(31)23-8-4-9-25(18-23)34(32,33)28-19-21-6-2-1-3-7-21/h1-4,6-13,18,28H,5,14-17,19-20H2. The van der Waals surface area contributed by atoms with E-state index in [0.717, 1.165) is 36.6 Å². The van der Waals surface area contributed by atoms with Crippen molar-refractivity contribution in [1.29, 1.82) is 0 Å². The molecule has 0 unspecified atom stereocenters. The quantitative estimate of drug-likeness (QED) is 0.532. The summed E-state index contributed by atoms with van der Waals surface area (Å²) < 4.78 is 28.2. The van der Waals surface area contributed by atoms with Crippen molar-refractivity contribution in [2.45, 2.75) is 24.4 Å². The third-order valence-electron chi connectivity index (χ3n) is 5.90. The summed E-state index contributed by atoms with van der Waals surface area (Å²) in [7, 11) is -3.74. The molecule has 0 radical (unpaired) electrons. The molecule has 3 aromatic carbocycles. The fourth-order valence-corrected chi connectivity index (χ4v) is 5.21. The zero-order valence-corrected chi connectivity index (χ0v) is 20.4. The van der Waals surface area contributed by atoms with Gasteiger partial charge in [-0.25, -0.2) is 13.1 Å². The van der Waals surface area contributed by atoms with E-state index in [4.69, 9.17) is 11.6 Å². The number of hydrogen-bond donors (Lipinski definition) is 1. The highest BCUT2D eigenvalue weighted by Crippen LogP contribution is 2.17. The molecule has 1 fully saturated rings. The van der Waals surface area contributed by atoms with Crippen LogP contribution in [0.5, 0.6) is 0 Å². The molecule has 0 spiro atoms. The van der Waals surface area contributed by atoms with Crippen molar-refractivity contribution in [1.82, 2.24) is 14.5 Å². The average Bonchev–Trinajstić information content (AvgIpc) is 3.10. The monoisotopic (exact) mass is 497 g/mol. The van der Waals surface area contributed by atoms with Crippen LogP contribution in [0.4, 0.5) is 0 Å². The summed E-state index contributed by atoms with van der Waals surface area (Å²) in [6.07, 6.45) is 0.857. The average molecular weight is 498 g/mol. The number of nitrogens with one attached hydrogen (secondary N) is 1. The lowest BCUT2D eigenvalue weighted by molar-refractivity contribution is 0.0761. The number of carbonyl (C=O) groups is 1. The molecule has 0 saturated carbocycles. The van der Waals surface area contributed by atoms with Gasteiger partial charge in [-0.2, -0.15) is 0 Å². The van der Waals surface area contributed by atoms with Crippen molar-refractivity contribution in [3.8, 4) is 0 Å². The number of carbonyl (C=O) groups excluding carboxylic acids is 1. The second-order valence-corrected chi connectivity index (χ2v) is 10.6. The highest BCUT2D eigenvalue weighted by molar-refractivity contribution is 7.89. The molecule has 178 valence electrons. The van der Waals surface area contributed by atoms with E-state index in [2.05, 4.69) is 9.62 Å². The molecule has 1 N–H and O–H groups in total. The van der Waals surface area contributed by atoms with Crippen LogP contribution in [-0.4, -0.2) is 50.3 Å².